The molecular weight excluding hydrogens is 262 g/mol. The fourth-order valence-electron chi connectivity index (χ4n) is 1.15. The third-order valence-corrected chi connectivity index (χ3v) is 2.24. The summed E-state index contributed by atoms with van der Waals surface area (Å²) in [5.74, 6) is -1.53. The second-order valence-corrected chi connectivity index (χ2v) is 3.82. The first kappa shape index (κ1) is 17.6. The highest BCUT2D eigenvalue weighted by Gasteiger charge is 2.12. The summed E-state index contributed by atoms with van der Waals surface area (Å²) in [6.07, 6.45) is 5.66. The van der Waals surface area contributed by atoms with Crippen LogP contribution in [-0.2, 0) is 23.9 Å². The van der Waals surface area contributed by atoms with Gasteiger partial charge in [0.05, 0.1) is 13.7 Å². The van der Waals surface area contributed by atoms with E-state index in [1.54, 1.807) is 24.2 Å². The van der Waals surface area contributed by atoms with Crippen LogP contribution in [-0.4, -0.2) is 49.9 Å². The smallest absolute Gasteiger partial charge is 0.341 e. The van der Waals surface area contributed by atoms with Crippen LogP contribution >= 0.6 is 0 Å². The number of hydrogen-bond donors (Lipinski definition) is 0. The molecule has 0 aromatic heterocycles. The molecule has 110 valence electrons. The van der Waals surface area contributed by atoms with E-state index < -0.39 is 11.9 Å². The van der Waals surface area contributed by atoms with Gasteiger partial charge in [-0.1, -0.05) is 6.58 Å². The molecule has 6 heteroatoms. The largest absolute Gasteiger partial charge is 0.465 e. The normalized spacial score (nSPS) is 11.1. The van der Waals surface area contributed by atoms with Crippen LogP contribution in [0, 0.1) is 0 Å². The summed E-state index contributed by atoms with van der Waals surface area (Å²) in [5.41, 5.74) is -0.0322. The van der Waals surface area contributed by atoms with E-state index in [-0.39, 0.29) is 18.0 Å². The van der Waals surface area contributed by atoms with Crippen molar-refractivity contribution in [2.75, 3.05) is 27.3 Å². The zero-order valence-corrected chi connectivity index (χ0v) is 11.9. The number of rotatable bonds is 8. The third-order valence-electron chi connectivity index (χ3n) is 2.24. The lowest BCUT2D eigenvalue weighted by Gasteiger charge is -2.12. The van der Waals surface area contributed by atoms with Crippen molar-refractivity contribution >= 4 is 17.7 Å². The van der Waals surface area contributed by atoms with E-state index in [0.717, 1.165) is 6.08 Å². The average molecular weight is 281 g/mol. The van der Waals surface area contributed by atoms with E-state index in [2.05, 4.69) is 11.3 Å². The number of likely N-dealkylation sites (N-methyl/N-ethyl adjacent to an activating group) is 1. The number of hydrogen-bond acceptors (Lipinski definition) is 6. The van der Waals surface area contributed by atoms with Crippen LogP contribution in [0.2, 0.25) is 0 Å². The number of methoxy groups -OCH3 is 1. The van der Waals surface area contributed by atoms with Crippen LogP contribution < -0.4 is 0 Å². The lowest BCUT2D eigenvalue weighted by atomic mass is 10.2. The minimum Gasteiger partial charge on any atom is -0.465 e. The maximum Gasteiger partial charge on any atom is 0.341 e. The van der Waals surface area contributed by atoms with Gasteiger partial charge in [0.2, 0.25) is 0 Å². The van der Waals surface area contributed by atoms with Crippen molar-refractivity contribution in [3.63, 3.8) is 0 Å². The molecule has 6 nitrogen and oxygen atoms in total. The maximum atomic E-state index is 11.3. The number of carbonyl (C=O) groups is 3. The molecule has 0 aliphatic rings. The molecule has 0 unspecified atom stereocenters. The Morgan fingerprint density at radius 2 is 1.95 bits per heavy atom. The highest BCUT2D eigenvalue weighted by atomic mass is 16.5. The van der Waals surface area contributed by atoms with Gasteiger partial charge in [0.1, 0.15) is 12.2 Å². The molecule has 0 heterocycles. The van der Waals surface area contributed by atoms with Gasteiger partial charge in [-0.05, 0) is 25.3 Å². The molecule has 0 amide bonds. The Morgan fingerprint density at radius 1 is 1.30 bits per heavy atom. The molecule has 0 N–H and O–H groups in total. The van der Waals surface area contributed by atoms with Crippen LogP contribution in [0.25, 0.3) is 0 Å². The van der Waals surface area contributed by atoms with Gasteiger partial charge in [0, 0.05) is 13.1 Å². The van der Waals surface area contributed by atoms with Gasteiger partial charge >= 0.3 is 11.9 Å². The van der Waals surface area contributed by atoms with Gasteiger partial charge in [-0.3, -0.25) is 4.79 Å². The Hall–Kier alpha value is -2.37. The van der Waals surface area contributed by atoms with Gasteiger partial charge < -0.3 is 14.4 Å². The maximum absolute atomic E-state index is 11.3. The summed E-state index contributed by atoms with van der Waals surface area (Å²) < 4.78 is 9.30. The second-order valence-electron chi connectivity index (χ2n) is 3.82. The molecule has 0 saturated carbocycles. The number of nitrogens with zero attached hydrogens (tertiary/aromatic N) is 1. The van der Waals surface area contributed by atoms with Gasteiger partial charge in [0.15, 0.2) is 5.78 Å². The fourth-order valence-corrected chi connectivity index (χ4v) is 1.15. The van der Waals surface area contributed by atoms with E-state index >= 15 is 0 Å². The van der Waals surface area contributed by atoms with Crippen molar-refractivity contribution in [2.45, 2.75) is 6.92 Å². The minimum atomic E-state index is -0.676. The molecule has 0 radical (unpaired) electrons. The Bertz CT molecular complexity index is 437. The zero-order chi connectivity index (χ0) is 15.5. The molecule has 0 aromatic carbocycles. The van der Waals surface area contributed by atoms with Crippen LogP contribution in [0.15, 0.2) is 36.6 Å². The van der Waals surface area contributed by atoms with Crippen molar-refractivity contribution in [3.05, 3.63) is 36.6 Å². The predicted octanol–water partition coefficient (Wildman–Crippen LogP) is 0.849. The first-order chi connectivity index (χ1) is 9.42. The van der Waals surface area contributed by atoms with E-state index in [9.17, 15) is 14.4 Å². The Labute approximate surface area is 118 Å². The monoisotopic (exact) mass is 281 g/mol. The van der Waals surface area contributed by atoms with Gasteiger partial charge in [-0.2, -0.15) is 0 Å². The third kappa shape index (κ3) is 7.15. The van der Waals surface area contributed by atoms with Crippen molar-refractivity contribution in [1.82, 2.24) is 4.90 Å². The molecule has 0 aliphatic heterocycles. The number of Topliss-reactive ketones (excluding diaryl/α,β-unsaturated/α-hetero) is 1. The van der Waals surface area contributed by atoms with Crippen LogP contribution in [0.4, 0.5) is 0 Å². The number of ketones is 1. The number of esters is 2. The molecular formula is C14H19NO5. The number of carbonyl (C=O) groups excluding carboxylic acids is 3. The molecule has 0 aromatic rings. The molecule has 0 aliphatic carbocycles. The van der Waals surface area contributed by atoms with E-state index in [1.807, 2.05) is 0 Å². The van der Waals surface area contributed by atoms with Crippen molar-refractivity contribution in [2.24, 2.45) is 0 Å². The molecule has 0 atom stereocenters. The first-order valence-electron chi connectivity index (χ1n) is 5.89. The lowest BCUT2D eigenvalue weighted by molar-refractivity contribution is -0.138. The zero-order valence-electron chi connectivity index (χ0n) is 11.9. The van der Waals surface area contributed by atoms with Gasteiger partial charge in [-0.15, -0.1) is 0 Å². The quantitative estimate of drug-likeness (QED) is 0.216. The molecule has 0 fully saturated rings. The number of ether oxygens (including phenoxy) is 2. The van der Waals surface area contributed by atoms with E-state index in [4.69, 9.17) is 4.74 Å². The van der Waals surface area contributed by atoms with E-state index in [1.165, 1.54) is 20.1 Å². The lowest BCUT2D eigenvalue weighted by Crippen LogP contribution is -2.18. The average Bonchev–Trinajstić information content (AvgIpc) is 2.42. The molecule has 0 saturated heterocycles. The molecule has 0 bridgehead atoms. The summed E-state index contributed by atoms with van der Waals surface area (Å²) >= 11 is 0. The van der Waals surface area contributed by atoms with Crippen molar-refractivity contribution in [1.29, 1.82) is 0 Å². The van der Waals surface area contributed by atoms with Crippen LogP contribution in [0.3, 0.4) is 0 Å². The minimum absolute atomic E-state index is 0.0322. The summed E-state index contributed by atoms with van der Waals surface area (Å²) in [6, 6.07) is 0. The Kier molecular flexibility index (Phi) is 8.41. The summed E-state index contributed by atoms with van der Waals surface area (Å²) in [6.45, 7) is 5.25. The highest BCUT2D eigenvalue weighted by molar-refractivity contribution is 6.16. The van der Waals surface area contributed by atoms with Crippen molar-refractivity contribution in [3.8, 4) is 0 Å². The SMILES string of the molecule is C=CC(=O)OCCN(C)C=CC=C(C(C)=O)C(=O)OC. The Morgan fingerprint density at radius 3 is 2.45 bits per heavy atom. The van der Waals surface area contributed by atoms with Crippen LogP contribution in [0.1, 0.15) is 6.92 Å². The highest BCUT2D eigenvalue weighted by Crippen LogP contribution is 2.00. The van der Waals surface area contributed by atoms with Gasteiger partial charge in [-0.25, -0.2) is 9.59 Å². The topological polar surface area (TPSA) is 72.9 Å². The molecule has 0 rings (SSSR count). The van der Waals surface area contributed by atoms with Crippen LogP contribution in [0.5, 0.6) is 0 Å². The fraction of sp³-hybridized carbons (Fsp3) is 0.357. The Balaban J connectivity index is 4.39. The molecule has 0 spiro atoms. The molecule has 20 heavy (non-hydrogen) atoms. The predicted molar refractivity (Wildman–Crippen MR) is 73.7 cm³/mol. The van der Waals surface area contributed by atoms with Gasteiger partial charge in [0.25, 0.3) is 0 Å². The van der Waals surface area contributed by atoms with E-state index in [0.29, 0.717) is 6.54 Å². The standard InChI is InChI=1S/C14H19NO5/c1-5-13(17)20-10-9-15(3)8-6-7-12(11(2)16)14(18)19-4/h5-8H,1,9-10H2,2-4H3. The second kappa shape index (κ2) is 9.55. The summed E-state index contributed by atoms with van der Waals surface area (Å²) in [4.78, 5) is 35.0. The summed E-state index contributed by atoms with van der Waals surface area (Å²) in [7, 11) is 2.97. The number of allylic oxidation sites excluding steroid dienone is 2. The first-order valence-corrected chi connectivity index (χ1v) is 5.89. The summed E-state index contributed by atoms with van der Waals surface area (Å²) in [5, 5.41) is 0. The van der Waals surface area contributed by atoms with Crippen molar-refractivity contribution < 1.29 is 23.9 Å².